The maximum atomic E-state index is 14.3. The molecule has 0 unspecified atom stereocenters. The molecule has 0 N–H and O–H groups in total. The van der Waals surface area contributed by atoms with Gasteiger partial charge in [-0.3, -0.25) is 4.79 Å². The summed E-state index contributed by atoms with van der Waals surface area (Å²) in [6.07, 6.45) is -4.18. The molecule has 198 valence electrons. The van der Waals surface area contributed by atoms with Crippen LogP contribution in [0.5, 0.6) is 11.5 Å². The fourth-order valence-electron chi connectivity index (χ4n) is 3.51. The van der Waals surface area contributed by atoms with E-state index in [0.717, 1.165) is 18.2 Å². The lowest BCUT2D eigenvalue weighted by Gasteiger charge is -2.29. The van der Waals surface area contributed by atoms with Crippen LogP contribution in [-0.4, -0.2) is 32.4 Å². The molecule has 3 aromatic carbocycles. The Bertz CT molecular complexity index is 1380. The number of alkyl halides is 3. The molecule has 11 heteroatoms. The molecular weight excluding hydrogens is 514 g/mol. The number of benzene rings is 3. The van der Waals surface area contributed by atoms with Crippen molar-refractivity contribution in [2.45, 2.75) is 43.9 Å². The molecule has 0 heterocycles. The first-order valence-corrected chi connectivity index (χ1v) is 12.6. The topological polar surface area (TPSA) is 72.9 Å². The Morgan fingerprint density at radius 3 is 2.32 bits per heavy atom. The first-order chi connectivity index (χ1) is 17.4. The summed E-state index contributed by atoms with van der Waals surface area (Å²) in [6.45, 7) is 3.63. The molecule has 1 amide bonds. The SMILES string of the molecule is CC[C@H](C)N(Cc1ccc(OC)c(OS(=O)(=O)c2cccc(C(F)(F)F)c2)c1)C(=O)c1ccccc1F. The van der Waals surface area contributed by atoms with Gasteiger partial charge in [-0.15, -0.1) is 0 Å². The Labute approximate surface area is 212 Å². The Balaban J connectivity index is 1.95. The van der Waals surface area contributed by atoms with E-state index >= 15 is 0 Å². The molecule has 3 rings (SSSR count). The molecule has 1 atom stereocenters. The Morgan fingerprint density at radius 2 is 1.70 bits per heavy atom. The van der Waals surface area contributed by atoms with Crippen LogP contribution in [0.25, 0.3) is 0 Å². The molecule has 0 saturated heterocycles. The zero-order valence-electron chi connectivity index (χ0n) is 20.3. The lowest BCUT2D eigenvalue weighted by atomic mass is 10.1. The van der Waals surface area contributed by atoms with E-state index in [1.807, 2.05) is 6.92 Å². The normalized spacial score (nSPS) is 12.6. The van der Waals surface area contributed by atoms with Gasteiger partial charge >= 0.3 is 16.3 Å². The predicted octanol–water partition coefficient (Wildman–Crippen LogP) is 6.06. The van der Waals surface area contributed by atoms with E-state index in [1.54, 1.807) is 19.1 Å². The summed E-state index contributed by atoms with van der Waals surface area (Å²) in [5.41, 5.74) is -0.825. The van der Waals surface area contributed by atoms with Crippen LogP contribution in [0.1, 0.15) is 41.8 Å². The summed E-state index contributed by atoms with van der Waals surface area (Å²) in [4.78, 5) is 13.9. The second kappa shape index (κ2) is 11.2. The Kier molecular flexibility index (Phi) is 8.47. The Hall–Kier alpha value is -3.60. The summed E-state index contributed by atoms with van der Waals surface area (Å²) >= 11 is 0. The summed E-state index contributed by atoms with van der Waals surface area (Å²) < 4.78 is 89.5. The van der Waals surface area contributed by atoms with Crippen molar-refractivity contribution < 1.29 is 39.7 Å². The number of methoxy groups -OCH3 is 1. The summed E-state index contributed by atoms with van der Waals surface area (Å²) in [5, 5.41) is 0. The lowest BCUT2D eigenvalue weighted by Crippen LogP contribution is -2.38. The average Bonchev–Trinajstić information content (AvgIpc) is 2.86. The van der Waals surface area contributed by atoms with Gasteiger partial charge in [0.15, 0.2) is 11.5 Å². The molecule has 0 radical (unpaired) electrons. The highest BCUT2D eigenvalue weighted by molar-refractivity contribution is 7.87. The number of carbonyl (C=O) groups excluding carboxylic acids is 1. The van der Waals surface area contributed by atoms with Crippen molar-refractivity contribution in [3.63, 3.8) is 0 Å². The van der Waals surface area contributed by atoms with Crippen molar-refractivity contribution in [2.75, 3.05) is 7.11 Å². The van der Waals surface area contributed by atoms with Gasteiger partial charge in [-0.2, -0.15) is 21.6 Å². The van der Waals surface area contributed by atoms with Crippen LogP contribution in [0.4, 0.5) is 17.6 Å². The molecule has 3 aromatic rings. The molecule has 0 saturated carbocycles. The standard InChI is InChI=1S/C26H25F4NO5S/c1-4-17(2)31(25(32)21-10-5-6-11-22(21)27)16-18-12-13-23(35-3)24(14-18)36-37(33,34)20-9-7-8-19(15-20)26(28,29)30/h5-15,17H,4,16H2,1-3H3/t17-/m0/s1. The minimum absolute atomic E-state index is 0.00909. The lowest BCUT2D eigenvalue weighted by molar-refractivity contribution is -0.137. The number of nitrogens with zero attached hydrogens (tertiary/aromatic N) is 1. The van der Waals surface area contributed by atoms with Gasteiger partial charge in [-0.1, -0.05) is 31.2 Å². The van der Waals surface area contributed by atoms with Gasteiger partial charge in [0.25, 0.3) is 5.91 Å². The smallest absolute Gasteiger partial charge is 0.416 e. The van der Waals surface area contributed by atoms with Crippen LogP contribution in [0.3, 0.4) is 0 Å². The predicted molar refractivity (Wildman–Crippen MR) is 128 cm³/mol. The van der Waals surface area contributed by atoms with Gasteiger partial charge in [0.05, 0.1) is 18.2 Å². The third kappa shape index (κ3) is 6.59. The fraction of sp³-hybridized carbons (Fsp3) is 0.269. The molecule has 0 aliphatic carbocycles. The minimum atomic E-state index is -4.74. The first-order valence-electron chi connectivity index (χ1n) is 11.2. The second-order valence-electron chi connectivity index (χ2n) is 8.22. The van der Waals surface area contributed by atoms with Crippen LogP contribution in [-0.2, 0) is 22.8 Å². The minimum Gasteiger partial charge on any atom is -0.493 e. The number of hydrogen-bond donors (Lipinski definition) is 0. The molecule has 0 spiro atoms. The van der Waals surface area contributed by atoms with Gasteiger partial charge in [0.2, 0.25) is 0 Å². The van der Waals surface area contributed by atoms with Crippen LogP contribution >= 0.6 is 0 Å². The van der Waals surface area contributed by atoms with Crippen LogP contribution in [0.15, 0.2) is 71.6 Å². The number of ether oxygens (including phenoxy) is 1. The molecule has 0 fully saturated rings. The van der Waals surface area contributed by atoms with Crippen molar-refractivity contribution in [3.05, 3.63) is 89.2 Å². The van der Waals surface area contributed by atoms with Crippen molar-refractivity contribution in [2.24, 2.45) is 0 Å². The van der Waals surface area contributed by atoms with Gasteiger partial charge in [-0.25, -0.2) is 4.39 Å². The van der Waals surface area contributed by atoms with Gasteiger partial charge in [0, 0.05) is 12.6 Å². The van der Waals surface area contributed by atoms with E-state index in [9.17, 15) is 30.8 Å². The zero-order chi connectivity index (χ0) is 27.4. The molecule has 0 bridgehead atoms. The fourth-order valence-corrected chi connectivity index (χ4v) is 4.49. The van der Waals surface area contributed by atoms with Crippen LogP contribution in [0.2, 0.25) is 0 Å². The number of halogens is 4. The maximum absolute atomic E-state index is 14.3. The highest BCUT2D eigenvalue weighted by Gasteiger charge is 2.32. The largest absolute Gasteiger partial charge is 0.493 e. The number of rotatable bonds is 9. The van der Waals surface area contributed by atoms with Gasteiger partial charge in [0.1, 0.15) is 10.7 Å². The van der Waals surface area contributed by atoms with Gasteiger partial charge < -0.3 is 13.8 Å². The van der Waals surface area contributed by atoms with E-state index in [2.05, 4.69) is 0 Å². The number of carbonyl (C=O) groups is 1. The zero-order valence-corrected chi connectivity index (χ0v) is 21.1. The maximum Gasteiger partial charge on any atom is 0.416 e. The van der Waals surface area contributed by atoms with E-state index in [0.29, 0.717) is 18.1 Å². The second-order valence-corrected chi connectivity index (χ2v) is 9.76. The molecule has 0 aromatic heterocycles. The van der Waals surface area contributed by atoms with E-state index < -0.39 is 38.5 Å². The summed E-state index contributed by atoms with van der Waals surface area (Å²) in [6, 6.07) is 12.7. The average molecular weight is 540 g/mol. The molecule has 0 aliphatic heterocycles. The number of amides is 1. The summed E-state index contributed by atoms with van der Waals surface area (Å²) in [5.74, 6) is -1.50. The van der Waals surface area contributed by atoms with Gasteiger partial charge in [-0.05, 0) is 61.4 Å². The quantitative estimate of drug-likeness (QED) is 0.244. The van der Waals surface area contributed by atoms with Crippen molar-refractivity contribution in [1.82, 2.24) is 4.90 Å². The molecular formula is C26H25F4NO5S. The molecule has 0 aliphatic rings. The third-order valence-electron chi connectivity index (χ3n) is 5.72. The highest BCUT2D eigenvalue weighted by atomic mass is 32.2. The van der Waals surface area contributed by atoms with Crippen molar-refractivity contribution >= 4 is 16.0 Å². The first kappa shape index (κ1) is 28.0. The van der Waals surface area contributed by atoms with Crippen LogP contribution < -0.4 is 8.92 Å². The van der Waals surface area contributed by atoms with Crippen molar-refractivity contribution in [1.29, 1.82) is 0 Å². The number of hydrogen-bond acceptors (Lipinski definition) is 5. The van der Waals surface area contributed by atoms with Crippen molar-refractivity contribution in [3.8, 4) is 11.5 Å². The van der Waals surface area contributed by atoms with Crippen LogP contribution in [0, 0.1) is 5.82 Å². The monoisotopic (exact) mass is 539 g/mol. The van der Waals surface area contributed by atoms with E-state index in [-0.39, 0.29) is 29.6 Å². The van der Waals surface area contributed by atoms with E-state index in [1.165, 1.54) is 42.3 Å². The molecule has 37 heavy (non-hydrogen) atoms. The third-order valence-corrected chi connectivity index (χ3v) is 6.95. The molecule has 6 nitrogen and oxygen atoms in total. The highest BCUT2D eigenvalue weighted by Crippen LogP contribution is 2.34. The Morgan fingerprint density at radius 1 is 1.00 bits per heavy atom. The summed E-state index contributed by atoms with van der Waals surface area (Å²) in [7, 11) is -3.40. The van der Waals surface area contributed by atoms with E-state index in [4.69, 9.17) is 8.92 Å².